The highest BCUT2D eigenvalue weighted by Gasteiger charge is 2.39. The lowest BCUT2D eigenvalue weighted by Gasteiger charge is -2.29. The molecule has 16 heavy (non-hydrogen) atoms. The van der Waals surface area contributed by atoms with Crippen LogP contribution in [-0.4, -0.2) is 46.5 Å². The van der Waals surface area contributed by atoms with E-state index in [1.165, 1.54) is 4.90 Å². The van der Waals surface area contributed by atoms with Crippen LogP contribution in [0.2, 0.25) is 0 Å². The summed E-state index contributed by atoms with van der Waals surface area (Å²) in [7, 11) is -1.46. The van der Waals surface area contributed by atoms with E-state index >= 15 is 0 Å². The number of nitrogens with zero attached hydrogens (tertiary/aromatic N) is 1. The van der Waals surface area contributed by atoms with Crippen molar-refractivity contribution in [1.29, 1.82) is 0 Å². The van der Waals surface area contributed by atoms with Gasteiger partial charge in [0.15, 0.2) is 0 Å². The van der Waals surface area contributed by atoms with Gasteiger partial charge in [0.1, 0.15) is 0 Å². The van der Waals surface area contributed by atoms with E-state index in [4.69, 9.17) is 15.8 Å². The fourth-order valence-corrected chi connectivity index (χ4v) is 2.06. The summed E-state index contributed by atoms with van der Waals surface area (Å²) in [5, 5.41) is 18.3. The summed E-state index contributed by atoms with van der Waals surface area (Å²) in [5.74, 6) is -0.530. The van der Waals surface area contributed by atoms with Crippen molar-refractivity contribution >= 4 is 13.0 Å². The van der Waals surface area contributed by atoms with Gasteiger partial charge in [0.05, 0.1) is 12.0 Å². The minimum atomic E-state index is -1.46. The van der Waals surface area contributed by atoms with Gasteiger partial charge in [0, 0.05) is 6.54 Å². The van der Waals surface area contributed by atoms with Crippen LogP contribution in [0.4, 0.5) is 0 Å². The molecule has 0 aromatic rings. The summed E-state index contributed by atoms with van der Waals surface area (Å²) >= 11 is 0. The standard InChI is InChI=1S/C10H21BN2O3/c1-3-7(2)9(12)10(14)13-6-4-5-8(13)11(15)16/h7-9,15-16H,3-6,12H2,1-2H3/t7-,8+,9-/m0/s1. The van der Waals surface area contributed by atoms with Crippen molar-refractivity contribution in [2.45, 2.75) is 45.1 Å². The van der Waals surface area contributed by atoms with Crippen LogP contribution < -0.4 is 5.73 Å². The first-order valence-corrected chi connectivity index (χ1v) is 5.91. The van der Waals surface area contributed by atoms with Crippen molar-refractivity contribution in [1.82, 2.24) is 4.90 Å². The normalized spacial score (nSPS) is 24.3. The van der Waals surface area contributed by atoms with Gasteiger partial charge in [0.2, 0.25) is 5.91 Å². The van der Waals surface area contributed by atoms with Crippen molar-refractivity contribution in [2.75, 3.05) is 6.54 Å². The smallest absolute Gasteiger partial charge is 0.426 e. The average Bonchev–Trinajstić information content (AvgIpc) is 2.74. The molecule has 0 aromatic carbocycles. The summed E-state index contributed by atoms with van der Waals surface area (Å²) in [6.45, 7) is 4.49. The molecule has 1 saturated heterocycles. The number of rotatable bonds is 4. The van der Waals surface area contributed by atoms with Gasteiger partial charge in [-0.2, -0.15) is 0 Å². The first kappa shape index (κ1) is 13.5. The molecule has 0 spiro atoms. The molecule has 0 radical (unpaired) electrons. The Morgan fingerprint density at radius 3 is 2.75 bits per heavy atom. The van der Waals surface area contributed by atoms with Crippen molar-refractivity contribution in [2.24, 2.45) is 11.7 Å². The molecule has 5 nitrogen and oxygen atoms in total. The Balaban J connectivity index is 2.65. The molecule has 92 valence electrons. The monoisotopic (exact) mass is 228 g/mol. The lowest BCUT2D eigenvalue weighted by molar-refractivity contribution is -0.133. The first-order valence-electron chi connectivity index (χ1n) is 5.91. The van der Waals surface area contributed by atoms with Crippen LogP contribution in [0.15, 0.2) is 0 Å². The van der Waals surface area contributed by atoms with Crippen LogP contribution >= 0.6 is 0 Å². The van der Waals surface area contributed by atoms with Gasteiger partial charge >= 0.3 is 7.12 Å². The highest BCUT2D eigenvalue weighted by Crippen LogP contribution is 2.20. The molecule has 4 N–H and O–H groups in total. The van der Waals surface area contributed by atoms with E-state index in [-0.39, 0.29) is 11.8 Å². The number of carbonyl (C=O) groups excluding carboxylic acids is 1. The van der Waals surface area contributed by atoms with Gasteiger partial charge in [0.25, 0.3) is 0 Å². The molecule has 1 aliphatic heterocycles. The van der Waals surface area contributed by atoms with Crippen LogP contribution in [0.1, 0.15) is 33.1 Å². The largest absolute Gasteiger partial charge is 0.475 e. The maximum atomic E-state index is 12.0. The van der Waals surface area contributed by atoms with Crippen LogP contribution in [0, 0.1) is 5.92 Å². The molecule has 3 atom stereocenters. The third kappa shape index (κ3) is 2.75. The Bertz CT molecular complexity index is 250. The van der Waals surface area contributed by atoms with Crippen LogP contribution in [-0.2, 0) is 4.79 Å². The third-order valence-corrected chi connectivity index (χ3v) is 3.47. The van der Waals surface area contributed by atoms with E-state index in [1.807, 2.05) is 13.8 Å². The molecule has 1 amide bonds. The SMILES string of the molecule is CC[C@H](C)[C@H](N)C(=O)N1CCC[C@@H]1B(O)O. The predicted octanol–water partition coefficient (Wildman–Crippen LogP) is -0.637. The Morgan fingerprint density at radius 1 is 1.62 bits per heavy atom. The van der Waals surface area contributed by atoms with Crippen molar-refractivity contribution in [3.05, 3.63) is 0 Å². The Labute approximate surface area is 96.8 Å². The second-order valence-corrected chi connectivity index (χ2v) is 4.57. The van der Waals surface area contributed by atoms with E-state index in [9.17, 15) is 4.79 Å². The lowest BCUT2D eigenvalue weighted by Crippen LogP contribution is -2.53. The summed E-state index contributed by atoms with van der Waals surface area (Å²) in [5.41, 5.74) is 5.86. The number of likely N-dealkylation sites (tertiary alicyclic amines) is 1. The zero-order valence-corrected chi connectivity index (χ0v) is 9.97. The molecule has 0 saturated carbocycles. The molecule has 1 heterocycles. The quantitative estimate of drug-likeness (QED) is 0.559. The molecular formula is C10H21BN2O3. The molecule has 0 aliphatic carbocycles. The highest BCUT2D eigenvalue weighted by atomic mass is 16.4. The van der Waals surface area contributed by atoms with E-state index in [0.29, 0.717) is 13.0 Å². The van der Waals surface area contributed by atoms with Crippen molar-refractivity contribution in [3.63, 3.8) is 0 Å². The molecule has 1 aliphatic rings. The third-order valence-electron chi connectivity index (χ3n) is 3.47. The highest BCUT2D eigenvalue weighted by molar-refractivity contribution is 6.43. The second-order valence-electron chi connectivity index (χ2n) is 4.57. The van der Waals surface area contributed by atoms with Gasteiger partial charge in [-0.1, -0.05) is 20.3 Å². The maximum absolute atomic E-state index is 12.0. The van der Waals surface area contributed by atoms with E-state index in [2.05, 4.69) is 0 Å². The zero-order valence-electron chi connectivity index (χ0n) is 9.97. The van der Waals surface area contributed by atoms with Gasteiger partial charge in [-0.3, -0.25) is 4.79 Å². The fourth-order valence-electron chi connectivity index (χ4n) is 2.06. The Morgan fingerprint density at radius 2 is 2.25 bits per heavy atom. The summed E-state index contributed by atoms with van der Waals surface area (Å²) in [6.07, 6.45) is 2.28. The number of nitrogens with two attached hydrogens (primary N) is 1. The lowest BCUT2D eigenvalue weighted by atomic mass is 9.77. The number of hydrogen-bond donors (Lipinski definition) is 3. The minimum Gasteiger partial charge on any atom is -0.426 e. The summed E-state index contributed by atoms with van der Waals surface area (Å²) < 4.78 is 0. The predicted molar refractivity (Wildman–Crippen MR) is 62.4 cm³/mol. The van der Waals surface area contributed by atoms with E-state index < -0.39 is 19.1 Å². The van der Waals surface area contributed by atoms with Gasteiger partial charge in [-0.15, -0.1) is 0 Å². The van der Waals surface area contributed by atoms with Crippen LogP contribution in [0.3, 0.4) is 0 Å². The number of hydrogen-bond acceptors (Lipinski definition) is 4. The molecule has 0 unspecified atom stereocenters. The van der Waals surface area contributed by atoms with Gasteiger partial charge < -0.3 is 20.7 Å². The van der Waals surface area contributed by atoms with Crippen molar-refractivity contribution < 1.29 is 14.8 Å². The Hall–Kier alpha value is -0.585. The van der Waals surface area contributed by atoms with Crippen LogP contribution in [0.5, 0.6) is 0 Å². The molecule has 1 fully saturated rings. The molecule has 1 rings (SSSR count). The molecular weight excluding hydrogens is 207 g/mol. The molecule has 0 aromatic heterocycles. The average molecular weight is 228 g/mol. The van der Waals surface area contributed by atoms with Crippen LogP contribution in [0.25, 0.3) is 0 Å². The van der Waals surface area contributed by atoms with Crippen molar-refractivity contribution in [3.8, 4) is 0 Å². The van der Waals surface area contributed by atoms with Gasteiger partial charge in [-0.25, -0.2) is 0 Å². The summed E-state index contributed by atoms with van der Waals surface area (Å²) in [4.78, 5) is 13.6. The maximum Gasteiger partial charge on any atom is 0.475 e. The zero-order chi connectivity index (χ0) is 12.3. The Kier molecular flexibility index (Phi) is 4.77. The topological polar surface area (TPSA) is 86.8 Å². The second kappa shape index (κ2) is 5.66. The van der Waals surface area contributed by atoms with E-state index in [0.717, 1.165) is 12.8 Å². The number of amides is 1. The van der Waals surface area contributed by atoms with E-state index in [1.54, 1.807) is 0 Å². The fraction of sp³-hybridized carbons (Fsp3) is 0.900. The summed E-state index contributed by atoms with van der Waals surface area (Å²) in [6, 6.07) is -0.538. The molecule has 6 heteroatoms. The molecule has 0 bridgehead atoms. The number of carbonyl (C=O) groups is 1. The van der Waals surface area contributed by atoms with Gasteiger partial charge in [-0.05, 0) is 18.8 Å². The first-order chi connectivity index (χ1) is 7.49. The minimum absolute atomic E-state index is 0.115.